The van der Waals surface area contributed by atoms with Gasteiger partial charge in [-0.15, -0.1) is 0 Å². The second kappa shape index (κ2) is 8.68. The van der Waals surface area contributed by atoms with E-state index in [1.165, 1.54) is 24.3 Å². The van der Waals surface area contributed by atoms with E-state index in [-0.39, 0.29) is 4.90 Å². The lowest BCUT2D eigenvalue weighted by atomic mass is 10.0. The third-order valence-electron chi connectivity index (χ3n) is 4.26. The van der Waals surface area contributed by atoms with Crippen LogP contribution in [-0.2, 0) is 21.2 Å². The summed E-state index contributed by atoms with van der Waals surface area (Å²) in [7, 11) is -3.85. The number of ether oxygens (including phenoxy) is 1. The number of sulfone groups is 1. The number of hydrogen-bond donors (Lipinski definition) is 1. The molecule has 150 valence electrons. The first-order chi connectivity index (χ1) is 13.7. The molecule has 0 saturated carbocycles. The Bertz CT molecular complexity index is 1140. The Labute approximate surface area is 174 Å². The van der Waals surface area contributed by atoms with Crippen molar-refractivity contribution in [3.63, 3.8) is 0 Å². The van der Waals surface area contributed by atoms with Gasteiger partial charge < -0.3 is 9.84 Å². The molecule has 0 atom stereocenters. The average Bonchev–Trinajstić information content (AvgIpc) is 2.66. The number of carboxylic acids is 1. The molecule has 3 aromatic rings. The fourth-order valence-electron chi connectivity index (χ4n) is 2.84. The van der Waals surface area contributed by atoms with Gasteiger partial charge in [0.1, 0.15) is 12.4 Å². The lowest BCUT2D eigenvalue weighted by Gasteiger charge is -2.10. The van der Waals surface area contributed by atoms with Crippen LogP contribution in [0.1, 0.15) is 11.1 Å². The lowest BCUT2D eigenvalue weighted by molar-refractivity contribution is -0.134. The van der Waals surface area contributed by atoms with Crippen molar-refractivity contribution in [2.24, 2.45) is 0 Å². The molecule has 0 fully saturated rings. The SMILES string of the molecule is Cc1ccc(-c2cccc(COc3ccc(S(=O)(=O)CC(=O)O)cc3)c2)c(Cl)c1. The summed E-state index contributed by atoms with van der Waals surface area (Å²) >= 11 is 6.36. The summed E-state index contributed by atoms with van der Waals surface area (Å²) in [6.45, 7) is 2.27. The van der Waals surface area contributed by atoms with Gasteiger partial charge >= 0.3 is 5.97 Å². The Kier molecular flexibility index (Phi) is 6.25. The van der Waals surface area contributed by atoms with E-state index in [2.05, 4.69) is 0 Å². The van der Waals surface area contributed by atoms with Crippen molar-refractivity contribution >= 4 is 27.4 Å². The van der Waals surface area contributed by atoms with E-state index in [0.717, 1.165) is 22.3 Å². The minimum Gasteiger partial charge on any atom is -0.489 e. The van der Waals surface area contributed by atoms with Crippen LogP contribution in [0, 0.1) is 6.92 Å². The normalized spacial score (nSPS) is 11.2. The third-order valence-corrected chi connectivity index (χ3v) is 6.19. The second-order valence-corrected chi connectivity index (χ2v) is 8.99. The molecule has 1 N–H and O–H groups in total. The van der Waals surface area contributed by atoms with E-state index < -0.39 is 21.6 Å². The minimum absolute atomic E-state index is 0.0525. The molecule has 0 spiro atoms. The molecule has 0 radical (unpaired) electrons. The summed E-state index contributed by atoms with van der Waals surface area (Å²) in [6, 6.07) is 19.4. The molecular weight excluding hydrogens is 412 g/mol. The number of carboxylic acid groups (broad SMARTS) is 1. The molecule has 0 aliphatic rings. The molecule has 0 saturated heterocycles. The van der Waals surface area contributed by atoms with Crippen molar-refractivity contribution in [3.05, 3.63) is 82.9 Å². The summed E-state index contributed by atoms with van der Waals surface area (Å²) < 4.78 is 29.6. The molecule has 0 amide bonds. The van der Waals surface area contributed by atoms with Gasteiger partial charge in [-0.2, -0.15) is 0 Å². The number of aryl methyl sites for hydroxylation is 1. The third kappa shape index (κ3) is 5.37. The molecule has 29 heavy (non-hydrogen) atoms. The number of carbonyl (C=O) groups is 1. The molecule has 3 rings (SSSR count). The van der Waals surface area contributed by atoms with Crippen LogP contribution in [0.15, 0.2) is 71.6 Å². The van der Waals surface area contributed by atoms with E-state index in [9.17, 15) is 13.2 Å². The van der Waals surface area contributed by atoms with Crippen LogP contribution >= 0.6 is 11.6 Å². The first kappa shape index (κ1) is 20.9. The largest absolute Gasteiger partial charge is 0.489 e. The highest BCUT2D eigenvalue weighted by Gasteiger charge is 2.18. The molecule has 0 aliphatic carbocycles. The van der Waals surface area contributed by atoms with Gasteiger partial charge in [-0.1, -0.05) is 41.9 Å². The highest BCUT2D eigenvalue weighted by Crippen LogP contribution is 2.29. The average molecular weight is 431 g/mol. The van der Waals surface area contributed by atoms with Crippen LogP contribution in [0.3, 0.4) is 0 Å². The minimum atomic E-state index is -3.85. The van der Waals surface area contributed by atoms with Crippen LogP contribution in [-0.4, -0.2) is 25.2 Å². The van der Waals surface area contributed by atoms with E-state index in [4.69, 9.17) is 21.4 Å². The molecular formula is C22H19ClO5S. The van der Waals surface area contributed by atoms with Crippen LogP contribution in [0.4, 0.5) is 0 Å². The van der Waals surface area contributed by atoms with E-state index >= 15 is 0 Å². The van der Waals surface area contributed by atoms with Crippen molar-refractivity contribution in [1.82, 2.24) is 0 Å². The van der Waals surface area contributed by atoms with Gasteiger partial charge in [0.15, 0.2) is 15.6 Å². The molecule has 0 aliphatic heterocycles. The second-order valence-electron chi connectivity index (χ2n) is 6.60. The number of halogens is 1. The topological polar surface area (TPSA) is 80.7 Å². The molecule has 0 bridgehead atoms. The standard InChI is InChI=1S/C22H19ClO5S/c1-15-5-10-20(21(23)11-15)17-4-2-3-16(12-17)13-28-18-6-8-19(9-7-18)29(26,27)14-22(24)25/h2-12H,13-14H2,1H3,(H,24,25). The summed E-state index contributed by atoms with van der Waals surface area (Å²) in [4.78, 5) is 10.6. The maximum Gasteiger partial charge on any atom is 0.319 e. The van der Waals surface area contributed by atoms with Gasteiger partial charge in [-0.25, -0.2) is 8.42 Å². The van der Waals surface area contributed by atoms with Crippen LogP contribution in [0.25, 0.3) is 11.1 Å². The Hall–Kier alpha value is -2.83. The van der Waals surface area contributed by atoms with Crippen molar-refractivity contribution in [3.8, 4) is 16.9 Å². The van der Waals surface area contributed by atoms with Crippen molar-refractivity contribution < 1.29 is 23.1 Å². The molecule has 0 heterocycles. The Morgan fingerprint density at radius 1 is 1.03 bits per heavy atom. The fraction of sp³-hybridized carbons (Fsp3) is 0.136. The van der Waals surface area contributed by atoms with Crippen molar-refractivity contribution in [1.29, 1.82) is 0 Å². The summed E-state index contributed by atoms with van der Waals surface area (Å²) in [5.41, 5.74) is 3.94. The number of aliphatic carboxylic acids is 1. The fourth-order valence-corrected chi connectivity index (χ4v) is 4.23. The molecule has 7 heteroatoms. The Balaban J connectivity index is 1.71. The molecule has 3 aromatic carbocycles. The maximum atomic E-state index is 11.9. The lowest BCUT2D eigenvalue weighted by Crippen LogP contribution is -2.15. The highest BCUT2D eigenvalue weighted by molar-refractivity contribution is 7.92. The summed E-state index contributed by atoms with van der Waals surface area (Å²) in [6.07, 6.45) is 0. The molecule has 0 unspecified atom stereocenters. The zero-order valence-corrected chi connectivity index (χ0v) is 17.2. The highest BCUT2D eigenvalue weighted by atomic mass is 35.5. The van der Waals surface area contributed by atoms with Crippen LogP contribution in [0.5, 0.6) is 5.75 Å². The zero-order valence-electron chi connectivity index (χ0n) is 15.6. The van der Waals surface area contributed by atoms with E-state index in [1.54, 1.807) is 0 Å². The predicted molar refractivity (Wildman–Crippen MR) is 112 cm³/mol. The van der Waals surface area contributed by atoms with Gasteiger partial charge in [-0.05, 0) is 60.0 Å². The Morgan fingerprint density at radius 3 is 2.41 bits per heavy atom. The van der Waals surface area contributed by atoms with Gasteiger partial charge in [0.25, 0.3) is 0 Å². The van der Waals surface area contributed by atoms with Crippen molar-refractivity contribution in [2.75, 3.05) is 5.75 Å². The number of rotatable bonds is 7. The smallest absolute Gasteiger partial charge is 0.319 e. The summed E-state index contributed by atoms with van der Waals surface area (Å²) in [5, 5.41) is 9.38. The molecule has 5 nitrogen and oxygen atoms in total. The summed E-state index contributed by atoms with van der Waals surface area (Å²) in [5.74, 6) is -1.85. The van der Waals surface area contributed by atoms with Gasteiger partial charge in [0, 0.05) is 10.6 Å². The quantitative estimate of drug-likeness (QED) is 0.584. The van der Waals surface area contributed by atoms with Crippen LogP contribution in [0.2, 0.25) is 5.02 Å². The van der Waals surface area contributed by atoms with E-state index in [0.29, 0.717) is 17.4 Å². The first-order valence-corrected chi connectivity index (χ1v) is 10.8. The predicted octanol–water partition coefficient (Wildman–Crippen LogP) is 4.75. The Morgan fingerprint density at radius 2 is 1.76 bits per heavy atom. The van der Waals surface area contributed by atoms with Crippen molar-refractivity contribution in [2.45, 2.75) is 18.4 Å². The first-order valence-electron chi connectivity index (χ1n) is 8.77. The van der Waals surface area contributed by atoms with E-state index in [1.807, 2.05) is 49.4 Å². The number of benzene rings is 3. The van der Waals surface area contributed by atoms with Gasteiger partial charge in [0.05, 0.1) is 4.90 Å². The monoisotopic (exact) mass is 430 g/mol. The van der Waals surface area contributed by atoms with Gasteiger partial charge in [0.2, 0.25) is 0 Å². The molecule has 0 aromatic heterocycles. The van der Waals surface area contributed by atoms with Gasteiger partial charge in [-0.3, -0.25) is 4.79 Å². The number of hydrogen-bond acceptors (Lipinski definition) is 4. The zero-order chi connectivity index (χ0) is 21.0. The maximum absolute atomic E-state index is 11.9. The van der Waals surface area contributed by atoms with Crippen LogP contribution < -0.4 is 4.74 Å².